The van der Waals surface area contributed by atoms with Crippen molar-refractivity contribution in [3.05, 3.63) is 90.2 Å². The Morgan fingerprint density at radius 1 is 1.04 bits per heavy atom. The number of carbonyl (C=O) groups is 1. The molecule has 0 fully saturated rings. The molecular weight excluding hydrogens is 324 g/mol. The second-order valence-corrected chi connectivity index (χ2v) is 5.42. The highest BCUT2D eigenvalue weighted by Gasteiger charge is 2.00. The van der Waals surface area contributed by atoms with Gasteiger partial charge in [0.15, 0.2) is 0 Å². The molecule has 0 spiro atoms. The number of benzene rings is 2. The molecule has 0 bridgehead atoms. The Morgan fingerprint density at radius 3 is 2.50 bits per heavy atom. The Bertz CT molecular complexity index is 823. The summed E-state index contributed by atoms with van der Waals surface area (Å²) in [5, 5.41) is 13.2. The van der Waals surface area contributed by atoms with Gasteiger partial charge in [0, 0.05) is 30.6 Å². The summed E-state index contributed by atoms with van der Waals surface area (Å²) in [6.45, 7) is 0.618. The van der Waals surface area contributed by atoms with Crippen LogP contribution in [0.2, 0.25) is 0 Å². The van der Waals surface area contributed by atoms with Crippen molar-refractivity contribution in [1.82, 2.24) is 5.32 Å². The highest BCUT2D eigenvalue weighted by molar-refractivity contribution is 6.02. The van der Waals surface area contributed by atoms with Crippen LogP contribution in [0.5, 0.6) is 0 Å². The van der Waals surface area contributed by atoms with Gasteiger partial charge < -0.3 is 21.8 Å². The lowest BCUT2D eigenvalue weighted by Gasteiger charge is -2.05. The second kappa shape index (κ2) is 10.3. The first-order chi connectivity index (χ1) is 12.7. The van der Waals surface area contributed by atoms with Crippen LogP contribution in [0.4, 0.5) is 11.4 Å². The quantitative estimate of drug-likeness (QED) is 0.193. The van der Waals surface area contributed by atoms with Gasteiger partial charge in [0.2, 0.25) is 5.91 Å². The van der Waals surface area contributed by atoms with Crippen molar-refractivity contribution in [3.8, 4) is 0 Å². The lowest BCUT2D eigenvalue weighted by molar-refractivity contribution is -0.111. The molecule has 2 aromatic rings. The number of anilines is 2. The van der Waals surface area contributed by atoms with Gasteiger partial charge in [-0.05, 0) is 23.8 Å². The van der Waals surface area contributed by atoms with E-state index in [2.05, 4.69) is 10.6 Å². The molecule has 0 aliphatic heterocycles. The maximum atomic E-state index is 11.9. The van der Waals surface area contributed by atoms with Crippen LogP contribution >= 0.6 is 0 Å². The number of hydrogen-bond donors (Lipinski definition) is 4. The van der Waals surface area contributed by atoms with E-state index >= 15 is 0 Å². The van der Waals surface area contributed by atoms with E-state index in [-0.39, 0.29) is 5.91 Å². The third kappa shape index (κ3) is 6.49. The van der Waals surface area contributed by atoms with Crippen molar-refractivity contribution < 1.29 is 4.79 Å². The van der Waals surface area contributed by atoms with Crippen LogP contribution in [0.25, 0.3) is 6.08 Å². The molecule has 5 nitrogen and oxygen atoms in total. The van der Waals surface area contributed by atoms with Crippen LogP contribution in [-0.4, -0.2) is 18.7 Å². The monoisotopic (exact) mass is 346 g/mol. The maximum Gasteiger partial charge on any atom is 0.248 e. The van der Waals surface area contributed by atoms with Gasteiger partial charge in [-0.25, -0.2) is 0 Å². The molecular formula is C21H22N4O. The predicted molar refractivity (Wildman–Crippen MR) is 109 cm³/mol. The summed E-state index contributed by atoms with van der Waals surface area (Å²) in [6.07, 6.45) is 9.79. The van der Waals surface area contributed by atoms with Gasteiger partial charge in [-0.15, -0.1) is 0 Å². The molecule has 0 unspecified atom stereocenters. The Kier molecular flexibility index (Phi) is 7.42. The largest absolute Gasteiger partial charge is 0.397 e. The zero-order chi connectivity index (χ0) is 18.6. The fourth-order valence-electron chi connectivity index (χ4n) is 2.10. The van der Waals surface area contributed by atoms with E-state index in [1.165, 1.54) is 12.3 Å². The molecule has 132 valence electrons. The van der Waals surface area contributed by atoms with Crippen molar-refractivity contribution in [2.75, 3.05) is 17.6 Å². The van der Waals surface area contributed by atoms with Crippen molar-refractivity contribution in [1.29, 1.82) is 5.41 Å². The van der Waals surface area contributed by atoms with Crippen molar-refractivity contribution >= 4 is 29.6 Å². The number of rotatable bonds is 8. The number of nitrogens with two attached hydrogens (primary N) is 1. The van der Waals surface area contributed by atoms with Crippen LogP contribution in [-0.2, 0) is 4.79 Å². The molecule has 0 saturated heterocycles. The molecule has 2 rings (SSSR count). The van der Waals surface area contributed by atoms with E-state index in [1.54, 1.807) is 36.5 Å². The minimum atomic E-state index is -0.306. The Morgan fingerprint density at radius 2 is 1.77 bits per heavy atom. The van der Waals surface area contributed by atoms with Crippen LogP contribution in [0.3, 0.4) is 0 Å². The molecule has 0 aliphatic carbocycles. The fourth-order valence-corrected chi connectivity index (χ4v) is 2.10. The van der Waals surface area contributed by atoms with Crippen LogP contribution < -0.4 is 16.4 Å². The topological polar surface area (TPSA) is 91.0 Å². The summed E-state index contributed by atoms with van der Waals surface area (Å²) in [4.78, 5) is 11.9. The molecule has 0 aliphatic rings. The second-order valence-electron chi connectivity index (χ2n) is 5.42. The Balaban J connectivity index is 1.83. The van der Waals surface area contributed by atoms with E-state index in [9.17, 15) is 4.79 Å². The van der Waals surface area contributed by atoms with Gasteiger partial charge in [-0.1, -0.05) is 54.6 Å². The minimum Gasteiger partial charge on any atom is -0.397 e. The molecule has 5 N–H and O–H groups in total. The smallest absolute Gasteiger partial charge is 0.248 e. The lowest BCUT2D eigenvalue weighted by Crippen LogP contribution is -2.10. The molecule has 5 heteroatoms. The van der Waals surface area contributed by atoms with E-state index < -0.39 is 0 Å². The first kappa shape index (κ1) is 18.7. The molecule has 0 atom stereocenters. The van der Waals surface area contributed by atoms with Gasteiger partial charge in [0.25, 0.3) is 0 Å². The lowest BCUT2D eigenvalue weighted by atomic mass is 10.2. The SMILES string of the molecule is N=CC(=C\NC/C=C/c1ccccc1)/C=C/C(=O)Nc1ccccc1N. The van der Waals surface area contributed by atoms with Gasteiger partial charge >= 0.3 is 0 Å². The van der Waals surface area contributed by atoms with Crippen molar-refractivity contribution in [3.63, 3.8) is 0 Å². The molecule has 26 heavy (non-hydrogen) atoms. The van der Waals surface area contributed by atoms with Gasteiger partial charge in [0.05, 0.1) is 11.4 Å². The highest BCUT2D eigenvalue weighted by Crippen LogP contribution is 2.16. The van der Waals surface area contributed by atoms with E-state index in [0.717, 1.165) is 5.56 Å². The third-order valence-corrected chi connectivity index (χ3v) is 3.43. The average Bonchev–Trinajstić information content (AvgIpc) is 2.66. The van der Waals surface area contributed by atoms with E-state index in [4.69, 9.17) is 11.1 Å². The minimum absolute atomic E-state index is 0.306. The number of allylic oxidation sites excluding steroid dienone is 2. The molecule has 0 aromatic heterocycles. The first-order valence-corrected chi connectivity index (χ1v) is 8.18. The zero-order valence-electron chi connectivity index (χ0n) is 14.4. The van der Waals surface area contributed by atoms with E-state index in [0.29, 0.717) is 23.5 Å². The van der Waals surface area contributed by atoms with Crippen molar-refractivity contribution in [2.45, 2.75) is 0 Å². The summed E-state index contributed by atoms with van der Waals surface area (Å²) < 4.78 is 0. The normalized spacial score (nSPS) is 11.6. The number of hydrogen-bond acceptors (Lipinski definition) is 4. The summed E-state index contributed by atoms with van der Waals surface area (Å²) >= 11 is 0. The molecule has 0 radical (unpaired) electrons. The number of carbonyl (C=O) groups excluding carboxylic acids is 1. The molecule has 0 saturated carbocycles. The molecule has 2 aromatic carbocycles. The van der Waals surface area contributed by atoms with Crippen LogP contribution in [0.15, 0.2) is 84.6 Å². The number of nitrogen functional groups attached to an aromatic ring is 1. The first-order valence-electron chi connectivity index (χ1n) is 8.18. The summed E-state index contributed by atoms with van der Waals surface area (Å²) in [5.41, 5.74) is 8.55. The predicted octanol–water partition coefficient (Wildman–Crippen LogP) is 3.60. The van der Waals surface area contributed by atoms with Gasteiger partial charge in [-0.3, -0.25) is 4.79 Å². The van der Waals surface area contributed by atoms with Crippen LogP contribution in [0.1, 0.15) is 5.56 Å². The van der Waals surface area contributed by atoms with Crippen LogP contribution in [0, 0.1) is 5.41 Å². The summed E-state index contributed by atoms with van der Waals surface area (Å²) in [5.74, 6) is -0.306. The van der Waals surface area contributed by atoms with Gasteiger partial charge in [0.1, 0.15) is 0 Å². The van der Waals surface area contributed by atoms with Gasteiger partial charge in [-0.2, -0.15) is 0 Å². The third-order valence-electron chi connectivity index (χ3n) is 3.43. The number of para-hydroxylation sites is 2. The summed E-state index contributed by atoms with van der Waals surface area (Å²) in [6, 6.07) is 17.0. The fraction of sp³-hybridized carbons (Fsp3) is 0.0476. The van der Waals surface area contributed by atoms with E-state index in [1.807, 2.05) is 42.5 Å². The number of nitrogens with one attached hydrogen (secondary N) is 3. The number of amides is 1. The standard InChI is InChI=1S/C21H22N4O/c22-15-18(16-24-14-6-9-17-7-2-1-3-8-17)12-13-21(26)25-20-11-5-4-10-19(20)23/h1-13,15-16,22,24H,14,23H2,(H,25,26)/b9-6+,13-12+,18-16-,22-15?. The highest BCUT2D eigenvalue weighted by atomic mass is 16.1. The Hall–Kier alpha value is -3.60. The maximum absolute atomic E-state index is 11.9. The summed E-state index contributed by atoms with van der Waals surface area (Å²) in [7, 11) is 0. The van der Waals surface area contributed by atoms with Crippen molar-refractivity contribution in [2.24, 2.45) is 0 Å². The molecule has 1 amide bonds. The molecule has 0 heterocycles. The Labute approximate surface area is 153 Å². The average molecular weight is 346 g/mol. The zero-order valence-corrected chi connectivity index (χ0v) is 14.4.